The standard InChI is InChI=1S/C22H25N7O2/c1-2-31-19-9-5-17(6-10-19)29-22-20(26-27-29)13-23-21(25-22)11-15-12-24-28(14-15)16-3-7-18(30)8-4-16/h5-6,9-10,12-14,16,18,30H,2-4,7-8,11H2,1H3. The van der Waals surface area contributed by atoms with Crippen molar-refractivity contribution in [2.24, 2.45) is 0 Å². The van der Waals surface area contributed by atoms with Gasteiger partial charge in [0.1, 0.15) is 11.6 Å². The molecule has 0 radical (unpaired) electrons. The quantitative estimate of drug-likeness (QED) is 0.512. The zero-order chi connectivity index (χ0) is 21.2. The van der Waals surface area contributed by atoms with Crippen LogP contribution in [0.1, 0.15) is 50.0 Å². The highest BCUT2D eigenvalue weighted by Gasteiger charge is 2.21. The van der Waals surface area contributed by atoms with Crippen LogP contribution in [0.2, 0.25) is 0 Å². The van der Waals surface area contributed by atoms with E-state index in [4.69, 9.17) is 9.72 Å². The maximum atomic E-state index is 9.72. The molecular formula is C22H25N7O2. The van der Waals surface area contributed by atoms with Crippen LogP contribution in [0, 0.1) is 0 Å². The summed E-state index contributed by atoms with van der Waals surface area (Å²) in [5, 5.41) is 22.7. The molecule has 1 saturated carbocycles. The Labute approximate surface area is 179 Å². The van der Waals surface area contributed by atoms with Crippen molar-refractivity contribution in [3.8, 4) is 11.4 Å². The summed E-state index contributed by atoms with van der Waals surface area (Å²) in [6.45, 7) is 2.59. The van der Waals surface area contributed by atoms with Gasteiger partial charge in [0.25, 0.3) is 0 Å². The molecule has 0 saturated heterocycles. The van der Waals surface area contributed by atoms with Crippen molar-refractivity contribution in [2.75, 3.05) is 6.61 Å². The van der Waals surface area contributed by atoms with Crippen LogP contribution >= 0.6 is 0 Å². The molecule has 9 heteroatoms. The summed E-state index contributed by atoms with van der Waals surface area (Å²) < 4.78 is 9.25. The van der Waals surface area contributed by atoms with E-state index in [-0.39, 0.29) is 6.10 Å². The molecule has 4 aromatic rings. The molecular weight excluding hydrogens is 394 g/mol. The van der Waals surface area contributed by atoms with E-state index >= 15 is 0 Å². The third-order valence-electron chi connectivity index (χ3n) is 5.69. The third-order valence-corrected chi connectivity index (χ3v) is 5.69. The van der Waals surface area contributed by atoms with Crippen molar-refractivity contribution in [1.29, 1.82) is 0 Å². The summed E-state index contributed by atoms with van der Waals surface area (Å²) in [4.78, 5) is 9.19. The number of fused-ring (bicyclic) bond motifs is 1. The van der Waals surface area contributed by atoms with Crippen LogP contribution < -0.4 is 4.74 Å². The van der Waals surface area contributed by atoms with E-state index in [2.05, 4.69) is 26.6 Å². The number of hydrogen-bond donors (Lipinski definition) is 1. The van der Waals surface area contributed by atoms with Gasteiger partial charge in [-0.25, -0.2) is 9.97 Å². The van der Waals surface area contributed by atoms with Crippen molar-refractivity contribution in [3.63, 3.8) is 0 Å². The highest BCUT2D eigenvalue weighted by Crippen LogP contribution is 2.28. The molecule has 1 aliphatic carbocycles. The first-order valence-electron chi connectivity index (χ1n) is 10.7. The number of aliphatic hydroxyl groups excluding tert-OH is 1. The molecule has 1 aromatic carbocycles. The number of rotatable bonds is 6. The minimum atomic E-state index is -0.166. The van der Waals surface area contributed by atoms with Crippen LogP contribution in [-0.4, -0.2) is 52.6 Å². The van der Waals surface area contributed by atoms with E-state index in [1.165, 1.54) is 0 Å². The Bertz CT molecular complexity index is 1160. The zero-order valence-corrected chi connectivity index (χ0v) is 17.4. The normalized spacial score (nSPS) is 19.0. The molecule has 160 valence electrons. The van der Waals surface area contributed by atoms with Crippen LogP contribution in [0.25, 0.3) is 16.9 Å². The molecule has 5 rings (SSSR count). The summed E-state index contributed by atoms with van der Waals surface area (Å²) in [6, 6.07) is 8.05. The predicted octanol–water partition coefficient (Wildman–Crippen LogP) is 2.87. The van der Waals surface area contributed by atoms with E-state index in [1.54, 1.807) is 10.9 Å². The van der Waals surface area contributed by atoms with E-state index in [9.17, 15) is 5.11 Å². The minimum absolute atomic E-state index is 0.166. The van der Waals surface area contributed by atoms with Gasteiger partial charge in [0.2, 0.25) is 0 Å². The average molecular weight is 419 g/mol. The van der Waals surface area contributed by atoms with Crippen molar-refractivity contribution < 1.29 is 9.84 Å². The molecule has 0 spiro atoms. The van der Waals surface area contributed by atoms with E-state index in [1.807, 2.05) is 42.1 Å². The molecule has 0 unspecified atom stereocenters. The Morgan fingerprint density at radius 3 is 2.68 bits per heavy atom. The minimum Gasteiger partial charge on any atom is -0.494 e. The van der Waals surface area contributed by atoms with Crippen molar-refractivity contribution in [3.05, 3.63) is 54.2 Å². The van der Waals surface area contributed by atoms with Gasteiger partial charge >= 0.3 is 0 Å². The monoisotopic (exact) mass is 419 g/mol. The summed E-state index contributed by atoms with van der Waals surface area (Å²) in [5.74, 6) is 1.51. The van der Waals surface area contributed by atoms with Gasteiger partial charge in [-0.2, -0.15) is 9.78 Å². The summed E-state index contributed by atoms with van der Waals surface area (Å²) >= 11 is 0. The fourth-order valence-electron chi connectivity index (χ4n) is 4.05. The second kappa shape index (κ2) is 8.43. The lowest BCUT2D eigenvalue weighted by Gasteiger charge is -2.25. The summed E-state index contributed by atoms with van der Waals surface area (Å²) in [6.07, 6.45) is 9.65. The fourth-order valence-corrected chi connectivity index (χ4v) is 4.05. The molecule has 1 aliphatic rings. The second-order valence-corrected chi connectivity index (χ2v) is 7.89. The lowest BCUT2D eigenvalue weighted by molar-refractivity contribution is 0.108. The van der Waals surface area contributed by atoms with Crippen molar-refractivity contribution >= 4 is 11.2 Å². The molecule has 0 atom stereocenters. The number of aromatic nitrogens is 7. The number of ether oxygens (including phenoxy) is 1. The molecule has 0 bridgehead atoms. The first-order chi connectivity index (χ1) is 15.2. The van der Waals surface area contributed by atoms with Crippen LogP contribution in [0.4, 0.5) is 0 Å². The van der Waals surface area contributed by atoms with Crippen LogP contribution in [0.5, 0.6) is 5.75 Å². The summed E-state index contributed by atoms with van der Waals surface area (Å²) in [5.41, 5.74) is 3.24. The number of aliphatic hydroxyl groups is 1. The molecule has 1 fully saturated rings. The Kier molecular flexibility index (Phi) is 5.33. The highest BCUT2D eigenvalue weighted by molar-refractivity contribution is 5.70. The molecule has 0 aliphatic heterocycles. The van der Waals surface area contributed by atoms with Gasteiger partial charge in [-0.05, 0) is 62.4 Å². The van der Waals surface area contributed by atoms with E-state index in [0.717, 1.165) is 42.7 Å². The first-order valence-corrected chi connectivity index (χ1v) is 10.7. The topological polar surface area (TPSA) is 104 Å². The Balaban J connectivity index is 1.36. The van der Waals surface area contributed by atoms with E-state index < -0.39 is 0 Å². The average Bonchev–Trinajstić information content (AvgIpc) is 3.42. The van der Waals surface area contributed by atoms with Crippen molar-refractivity contribution in [1.82, 2.24) is 34.7 Å². The highest BCUT2D eigenvalue weighted by atomic mass is 16.5. The van der Waals surface area contributed by atoms with Crippen LogP contribution in [0.3, 0.4) is 0 Å². The predicted molar refractivity (Wildman–Crippen MR) is 114 cm³/mol. The largest absolute Gasteiger partial charge is 0.494 e. The zero-order valence-electron chi connectivity index (χ0n) is 17.4. The van der Waals surface area contributed by atoms with Gasteiger partial charge in [0.15, 0.2) is 11.2 Å². The number of benzene rings is 1. The molecule has 3 heterocycles. The maximum absolute atomic E-state index is 9.72. The SMILES string of the molecule is CCOc1ccc(-n2nnc3cnc(Cc4cnn(C5CCC(O)CC5)c4)nc32)cc1. The second-order valence-electron chi connectivity index (χ2n) is 7.89. The molecule has 1 N–H and O–H groups in total. The van der Waals surface area contributed by atoms with Gasteiger partial charge in [-0.1, -0.05) is 5.21 Å². The smallest absolute Gasteiger partial charge is 0.187 e. The van der Waals surface area contributed by atoms with Crippen LogP contribution in [0.15, 0.2) is 42.9 Å². The number of nitrogens with zero attached hydrogens (tertiary/aromatic N) is 7. The number of hydrogen-bond acceptors (Lipinski definition) is 7. The van der Waals surface area contributed by atoms with Gasteiger partial charge < -0.3 is 9.84 Å². The molecule has 0 amide bonds. The van der Waals surface area contributed by atoms with Gasteiger partial charge in [-0.15, -0.1) is 5.10 Å². The maximum Gasteiger partial charge on any atom is 0.187 e. The lowest BCUT2D eigenvalue weighted by atomic mass is 9.93. The first kappa shape index (κ1) is 19.6. The lowest BCUT2D eigenvalue weighted by Crippen LogP contribution is -2.21. The van der Waals surface area contributed by atoms with E-state index in [0.29, 0.717) is 36.1 Å². The third kappa shape index (κ3) is 4.13. The summed E-state index contributed by atoms with van der Waals surface area (Å²) in [7, 11) is 0. The fraction of sp³-hybridized carbons (Fsp3) is 0.409. The Morgan fingerprint density at radius 2 is 1.90 bits per heavy atom. The van der Waals surface area contributed by atoms with Crippen LogP contribution in [-0.2, 0) is 6.42 Å². The molecule has 31 heavy (non-hydrogen) atoms. The Morgan fingerprint density at radius 1 is 1.10 bits per heavy atom. The van der Waals surface area contributed by atoms with Gasteiger partial charge in [-0.3, -0.25) is 4.68 Å². The Hall–Kier alpha value is -3.33. The van der Waals surface area contributed by atoms with Crippen molar-refractivity contribution in [2.45, 2.75) is 51.2 Å². The van der Waals surface area contributed by atoms with Gasteiger partial charge in [0.05, 0.1) is 36.8 Å². The molecule has 3 aromatic heterocycles. The van der Waals surface area contributed by atoms with Gasteiger partial charge in [0, 0.05) is 12.6 Å². The molecule has 9 nitrogen and oxygen atoms in total.